The Morgan fingerprint density at radius 3 is 2.63 bits per heavy atom. The number of fused-ring (bicyclic) bond motifs is 1. The summed E-state index contributed by atoms with van der Waals surface area (Å²) in [5.41, 5.74) is 1.92. The predicted molar refractivity (Wildman–Crippen MR) is 135 cm³/mol. The molecule has 2 aliphatic heterocycles. The number of aryl methyl sites for hydroxylation is 1. The lowest BCUT2D eigenvalue weighted by Gasteiger charge is -2.40. The van der Waals surface area contributed by atoms with Gasteiger partial charge in [-0.3, -0.25) is 14.5 Å². The third-order valence-electron chi connectivity index (χ3n) is 7.28. The van der Waals surface area contributed by atoms with Crippen LogP contribution in [-0.4, -0.2) is 56.6 Å². The summed E-state index contributed by atoms with van der Waals surface area (Å²) in [5.74, 6) is 1.88. The molecule has 0 unspecified atom stereocenters. The Hall–Kier alpha value is -3.06. The Kier molecular flexibility index (Phi) is 8.64. The Morgan fingerprint density at radius 2 is 1.86 bits per heavy atom. The predicted octanol–water partition coefficient (Wildman–Crippen LogP) is 3.32. The topological polar surface area (TPSA) is 79.9 Å². The summed E-state index contributed by atoms with van der Waals surface area (Å²) in [7, 11) is 1.64. The van der Waals surface area contributed by atoms with Gasteiger partial charge in [0, 0.05) is 6.54 Å². The number of likely N-dealkylation sites (tertiary alicyclic amines) is 1. The number of nitrogens with one attached hydrogen (secondary N) is 2. The first-order valence-corrected chi connectivity index (χ1v) is 12.7. The van der Waals surface area contributed by atoms with Crippen molar-refractivity contribution in [3.05, 3.63) is 59.7 Å². The number of carbonyl (C=O) groups is 2. The normalized spacial score (nSPS) is 18.8. The molecular formula is C28H37N3O4. The second kappa shape index (κ2) is 12.1. The van der Waals surface area contributed by atoms with Crippen LogP contribution in [0.1, 0.15) is 43.2 Å². The number of carbonyl (C=O) groups excluding carboxylic acids is 2. The molecule has 0 aromatic heterocycles. The molecule has 7 heteroatoms. The fraction of sp³-hybridized carbons (Fsp3) is 0.500. The van der Waals surface area contributed by atoms with E-state index in [2.05, 4.69) is 27.7 Å². The molecule has 2 heterocycles. The molecule has 2 amide bonds. The minimum atomic E-state index is -0.352. The Balaban J connectivity index is 1.27. The van der Waals surface area contributed by atoms with Crippen LogP contribution in [0.3, 0.4) is 0 Å². The van der Waals surface area contributed by atoms with E-state index in [9.17, 15) is 9.59 Å². The summed E-state index contributed by atoms with van der Waals surface area (Å²) >= 11 is 0. The highest BCUT2D eigenvalue weighted by Gasteiger charge is 2.40. The van der Waals surface area contributed by atoms with Crippen LogP contribution < -0.4 is 20.1 Å². The van der Waals surface area contributed by atoms with E-state index in [-0.39, 0.29) is 17.2 Å². The number of benzene rings is 2. The van der Waals surface area contributed by atoms with Gasteiger partial charge in [0.25, 0.3) is 0 Å². The molecule has 4 rings (SSSR count). The Bertz CT molecular complexity index is 984. The van der Waals surface area contributed by atoms with Crippen LogP contribution in [0.4, 0.5) is 0 Å². The van der Waals surface area contributed by atoms with Gasteiger partial charge in [-0.15, -0.1) is 0 Å². The molecule has 2 aliphatic rings. The molecule has 35 heavy (non-hydrogen) atoms. The molecule has 1 fully saturated rings. The van der Waals surface area contributed by atoms with E-state index in [0.717, 1.165) is 68.7 Å². The van der Waals surface area contributed by atoms with Crippen molar-refractivity contribution < 1.29 is 19.1 Å². The van der Waals surface area contributed by atoms with Gasteiger partial charge < -0.3 is 20.1 Å². The molecule has 0 aliphatic carbocycles. The molecule has 0 atom stereocenters. The smallest absolute Gasteiger partial charge is 0.234 e. The second-order valence-corrected chi connectivity index (χ2v) is 9.60. The van der Waals surface area contributed by atoms with Gasteiger partial charge in [-0.1, -0.05) is 36.8 Å². The monoisotopic (exact) mass is 479 g/mol. The number of nitrogens with zero attached hydrogens (tertiary/aromatic N) is 1. The van der Waals surface area contributed by atoms with Crippen molar-refractivity contribution in [2.75, 3.05) is 39.9 Å². The number of methoxy groups -OCH3 is 1. The van der Waals surface area contributed by atoms with Crippen molar-refractivity contribution >= 4 is 11.8 Å². The van der Waals surface area contributed by atoms with Crippen molar-refractivity contribution in [2.45, 2.75) is 45.1 Å². The standard InChI is InChI=1S/C28H37N3O4/c1-34-24-11-9-22(10-12-24)20-30-26(32)21-31-17-14-28(15-18-31)13-5-4-7-23-6-2-3-8-25(23)35-19-16-29-27(28)33/h2-3,6,8-12H,4-5,7,13-21H2,1H3,(H,29,33)(H,30,32). The second-order valence-electron chi connectivity index (χ2n) is 9.60. The SMILES string of the molecule is COc1ccc(CNC(=O)CN2CCC3(CCCCc4ccccc4OCCNC3=O)CC2)cc1. The van der Waals surface area contributed by atoms with Crippen LogP contribution in [0.5, 0.6) is 11.5 Å². The van der Waals surface area contributed by atoms with Gasteiger partial charge in [-0.25, -0.2) is 0 Å². The van der Waals surface area contributed by atoms with Gasteiger partial charge in [0.05, 0.1) is 25.6 Å². The zero-order valence-corrected chi connectivity index (χ0v) is 20.7. The van der Waals surface area contributed by atoms with Gasteiger partial charge >= 0.3 is 0 Å². The van der Waals surface area contributed by atoms with Crippen LogP contribution in [0, 0.1) is 5.41 Å². The van der Waals surface area contributed by atoms with Gasteiger partial charge in [-0.05, 0) is 74.5 Å². The quantitative estimate of drug-likeness (QED) is 0.688. The van der Waals surface area contributed by atoms with E-state index in [0.29, 0.717) is 26.2 Å². The molecule has 1 saturated heterocycles. The first-order chi connectivity index (χ1) is 17.1. The summed E-state index contributed by atoms with van der Waals surface area (Å²) in [5, 5.41) is 6.13. The van der Waals surface area contributed by atoms with Crippen LogP contribution in [-0.2, 0) is 22.6 Å². The van der Waals surface area contributed by atoms with E-state index in [1.165, 1.54) is 5.56 Å². The van der Waals surface area contributed by atoms with E-state index in [4.69, 9.17) is 9.47 Å². The number of hydrogen-bond donors (Lipinski definition) is 2. The molecule has 2 N–H and O–H groups in total. The summed E-state index contributed by atoms with van der Waals surface area (Å²) in [6, 6.07) is 15.9. The fourth-order valence-electron chi connectivity index (χ4n) is 5.08. The highest BCUT2D eigenvalue weighted by Crippen LogP contribution is 2.37. The first-order valence-electron chi connectivity index (χ1n) is 12.7. The van der Waals surface area contributed by atoms with Crippen LogP contribution in [0.25, 0.3) is 0 Å². The van der Waals surface area contributed by atoms with Crippen LogP contribution >= 0.6 is 0 Å². The van der Waals surface area contributed by atoms with Gasteiger partial charge in [0.15, 0.2) is 0 Å². The van der Waals surface area contributed by atoms with Gasteiger partial charge in [0.2, 0.25) is 11.8 Å². The van der Waals surface area contributed by atoms with E-state index in [1.807, 2.05) is 36.4 Å². The number of ether oxygens (including phenoxy) is 2. The maximum atomic E-state index is 13.2. The molecule has 188 valence electrons. The van der Waals surface area contributed by atoms with E-state index in [1.54, 1.807) is 7.11 Å². The lowest BCUT2D eigenvalue weighted by atomic mass is 9.73. The zero-order valence-electron chi connectivity index (χ0n) is 20.7. The average Bonchev–Trinajstić information content (AvgIpc) is 2.89. The number of hydrogen-bond acceptors (Lipinski definition) is 5. The average molecular weight is 480 g/mol. The van der Waals surface area contributed by atoms with Crippen molar-refractivity contribution in [1.82, 2.24) is 15.5 Å². The van der Waals surface area contributed by atoms with E-state index >= 15 is 0 Å². The molecule has 2 aromatic carbocycles. The molecule has 7 nitrogen and oxygen atoms in total. The largest absolute Gasteiger partial charge is 0.497 e. The minimum absolute atomic E-state index is 0.00993. The zero-order chi connectivity index (χ0) is 24.5. The number of rotatable bonds is 5. The van der Waals surface area contributed by atoms with Crippen molar-refractivity contribution in [1.29, 1.82) is 0 Å². The Morgan fingerprint density at radius 1 is 1.09 bits per heavy atom. The molecule has 0 saturated carbocycles. The summed E-state index contributed by atoms with van der Waals surface area (Å²) in [6.07, 6.45) is 5.45. The maximum absolute atomic E-state index is 13.2. The van der Waals surface area contributed by atoms with E-state index < -0.39 is 0 Å². The number of piperidine rings is 1. The third kappa shape index (κ3) is 6.75. The third-order valence-corrected chi connectivity index (χ3v) is 7.28. The summed E-state index contributed by atoms with van der Waals surface area (Å²) in [4.78, 5) is 27.9. The number of para-hydroxylation sites is 1. The van der Waals surface area contributed by atoms with Gasteiger partial charge in [-0.2, -0.15) is 0 Å². The van der Waals surface area contributed by atoms with Crippen molar-refractivity contribution in [2.24, 2.45) is 5.41 Å². The molecule has 2 aromatic rings. The lowest BCUT2D eigenvalue weighted by molar-refractivity contribution is -0.135. The molecular weight excluding hydrogens is 442 g/mol. The minimum Gasteiger partial charge on any atom is -0.497 e. The fourth-order valence-corrected chi connectivity index (χ4v) is 5.08. The Labute approximate surface area is 208 Å². The summed E-state index contributed by atoms with van der Waals surface area (Å²) < 4.78 is 11.1. The van der Waals surface area contributed by atoms with Crippen LogP contribution in [0.2, 0.25) is 0 Å². The maximum Gasteiger partial charge on any atom is 0.234 e. The van der Waals surface area contributed by atoms with Crippen molar-refractivity contribution in [3.8, 4) is 11.5 Å². The molecule has 1 spiro atoms. The summed E-state index contributed by atoms with van der Waals surface area (Å²) in [6.45, 7) is 3.34. The lowest BCUT2D eigenvalue weighted by Crippen LogP contribution is -2.51. The van der Waals surface area contributed by atoms with Crippen molar-refractivity contribution in [3.63, 3.8) is 0 Å². The first kappa shape index (κ1) is 25.0. The van der Waals surface area contributed by atoms with Gasteiger partial charge in [0.1, 0.15) is 18.1 Å². The number of amides is 2. The van der Waals surface area contributed by atoms with Crippen LogP contribution in [0.15, 0.2) is 48.5 Å². The molecule has 0 radical (unpaired) electrons. The highest BCUT2D eigenvalue weighted by molar-refractivity contribution is 5.83. The molecule has 0 bridgehead atoms. The highest BCUT2D eigenvalue weighted by atomic mass is 16.5.